The molecule has 1 aliphatic heterocycles. The minimum atomic E-state index is -0.409. The molecule has 0 atom stereocenters. The molecule has 1 heterocycles. The van der Waals surface area contributed by atoms with E-state index in [9.17, 15) is 14.4 Å². The van der Waals surface area contributed by atoms with Gasteiger partial charge in [0.05, 0.1) is 12.2 Å². The van der Waals surface area contributed by atoms with Crippen LogP contribution in [0.2, 0.25) is 0 Å². The molecule has 124 valence electrons. The number of amides is 3. The minimum Gasteiger partial charge on any atom is -0.482 e. The molecule has 1 aromatic rings. The van der Waals surface area contributed by atoms with Gasteiger partial charge < -0.3 is 15.4 Å². The van der Waals surface area contributed by atoms with Crippen molar-refractivity contribution in [2.75, 3.05) is 24.6 Å². The van der Waals surface area contributed by atoms with E-state index in [1.54, 1.807) is 18.2 Å². The number of hydrogen-bond donors (Lipinski definition) is 2. The molecular weight excluding hydrogens is 366 g/mol. The Bertz CT molecular complexity index is 633. The van der Waals surface area contributed by atoms with E-state index in [1.165, 1.54) is 4.90 Å². The monoisotopic (exact) mass is 383 g/mol. The molecule has 0 radical (unpaired) electrons. The number of nitrogens with zero attached hydrogens (tertiary/aromatic N) is 1. The van der Waals surface area contributed by atoms with Gasteiger partial charge in [-0.05, 0) is 32.0 Å². The summed E-state index contributed by atoms with van der Waals surface area (Å²) in [7, 11) is 0. The summed E-state index contributed by atoms with van der Waals surface area (Å²) in [6.45, 7) is 3.27. The quantitative estimate of drug-likeness (QED) is 0.787. The predicted octanol–water partition coefficient (Wildman–Crippen LogP) is 0.815. The van der Waals surface area contributed by atoms with Gasteiger partial charge in [-0.2, -0.15) is 0 Å². The normalized spacial score (nSPS) is 13.4. The van der Waals surface area contributed by atoms with Gasteiger partial charge in [-0.15, -0.1) is 0 Å². The predicted molar refractivity (Wildman–Crippen MR) is 88.3 cm³/mol. The van der Waals surface area contributed by atoms with E-state index in [0.29, 0.717) is 11.4 Å². The lowest BCUT2D eigenvalue weighted by Gasteiger charge is -2.28. The number of ether oxygens (including phenoxy) is 1. The second-order valence-electron chi connectivity index (χ2n) is 5.38. The summed E-state index contributed by atoms with van der Waals surface area (Å²) in [6.07, 6.45) is 0. The van der Waals surface area contributed by atoms with E-state index in [0.717, 1.165) is 4.47 Å². The highest BCUT2D eigenvalue weighted by atomic mass is 79.9. The molecule has 7 nitrogen and oxygen atoms in total. The second-order valence-corrected chi connectivity index (χ2v) is 6.30. The molecule has 8 heteroatoms. The van der Waals surface area contributed by atoms with Gasteiger partial charge in [0.15, 0.2) is 6.61 Å². The first-order valence-electron chi connectivity index (χ1n) is 7.15. The number of benzene rings is 1. The Morgan fingerprint density at radius 3 is 2.78 bits per heavy atom. The third-order valence-corrected chi connectivity index (χ3v) is 3.56. The van der Waals surface area contributed by atoms with Gasteiger partial charge in [-0.3, -0.25) is 19.3 Å². The van der Waals surface area contributed by atoms with Gasteiger partial charge in [0.2, 0.25) is 11.8 Å². The summed E-state index contributed by atoms with van der Waals surface area (Å²) >= 11 is 3.33. The first kappa shape index (κ1) is 17.3. The number of rotatable bonds is 5. The topological polar surface area (TPSA) is 87.7 Å². The Morgan fingerprint density at radius 1 is 1.35 bits per heavy atom. The molecule has 0 saturated heterocycles. The zero-order chi connectivity index (χ0) is 17.0. The van der Waals surface area contributed by atoms with Crippen molar-refractivity contribution in [3.63, 3.8) is 0 Å². The van der Waals surface area contributed by atoms with E-state index < -0.39 is 5.91 Å². The number of carbonyl (C=O) groups is 3. The summed E-state index contributed by atoms with van der Waals surface area (Å²) in [4.78, 5) is 36.8. The van der Waals surface area contributed by atoms with Gasteiger partial charge in [-0.25, -0.2) is 0 Å². The van der Waals surface area contributed by atoms with Crippen LogP contribution in [0, 0.1) is 0 Å². The maximum Gasteiger partial charge on any atom is 0.265 e. The molecule has 0 saturated carbocycles. The van der Waals surface area contributed by atoms with Crippen LogP contribution in [0.25, 0.3) is 0 Å². The van der Waals surface area contributed by atoms with Crippen molar-refractivity contribution in [1.29, 1.82) is 0 Å². The van der Waals surface area contributed by atoms with Crippen LogP contribution in [0.4, 0.5) is 5.69 Å². The molecule has 2 N–H and O–H groups in total. The number of halogens is 1. The van der Waals surface area contributed by atoms with E-state index in [2.05, 4.69) is 26.6 Å². The summed E-state index contributed by atoms with van der Waals surface area (Å²) < 4.78 is 6.17. The molecule has 0 fully saturated rings. The summed E-state index contributed by atoms with van der Waals surface area (Å²) in [6, 6.07) is 5.21. The third-order valence-electron chi connectivity index (χ3n) is 3.06. The summed E-state index contributed by atoms with van der Waals surface area (Å²) in [5.41, 5.74) is 0.534. The van der Waals surface area contributed by atoms with E-state index in [4.69, 9.17) is 4.74 Å². The fourth-order valence-corrected chi connectivity index (χ4v) is 2.44. The molecule has 0 aromatic heterocycles. The number of anilines is 1. The van der Waals surface area contributed by atoms with Crippen LogP contribution in [0.15, 0.2) is 22.7 Å². The van der Waals surface area contributed by atoms with Gasteiger partial charge in [0, 0.05) is 10.5 Å². The minimum absolute atomic E-state index is 0.00514. The second kappa shape index (κ2) is 7.45. The van der Waals surface area contributed by atoms with Crippen LogP contribution in [-0.4, -0.2) is 43.5 Å². The lowest BCUT2D eigenvalue weighted by molar-refractivity contribution is -0.127. The maximum atomic E-state index is 12.0. The van der Waals surface area contributed by atoms with Gasteiger partial charge in [0.25, 0.3) is 5.91 Å². The average molecular weight is 384 g/mol. The van der Waals surface area contributed by atoms with Gasteiger partial charge in [-0.1, -0.05) is 15.9 Å². The number of nitrogens with one attached hydrogen (secondary N) is 2. The van der Waals surface area contributed by atoms with Crippen LogP contribution in [0.5, 0.6) is 5.75 Å². The highest BCUT2D eigenvalue weighted by molar-refractivity contribution is 9.10. The van der Waals surface area contributed by atoms with Crippen LogP contribution in [-0.2, 0) is 14.4 Å². The molecule has 0 aliphatic carbocycles. The molecule has 2 rings (SSSR count). The average Bonchev–Trinajstić information content (AvgIpc) is 2.47. The first-order chi connectivity index (χ1) is 10.9. The third kappa shape index (κ3) is 4.69. The lowest BCUT2D eigenvalue weighted by atomic mass is 10.2. The lowest BCUT2D eigenvalue weighted by Crippen LogP contribution is -2.47. The van der Waals surface area contributed by atoms with Gasteiger partial charge in [0.1, 0.15) is 12.3 Å². The molecule has 0 spiro atoms. The van der Waals surface area contributed by atoms with Crippen molar-refractivity contribution in [2.45, 2.75) is 19.9 Å². The van der Waals surface area contributed by atoms with E-state index in [1.807, 2.05) is 13.8 Å². The highest BCUT2D eigenvalue weighted by Crippen LogP contribution is 2.34. The Kier molecular flexibility index (Phi) is 5.59. The maximum absolute atomic E-state index is 12.0. The fourth-order valence-electron chi connectivity index (χ4n) is 2.10. The molecular formula is C15H18BrN3O4. The molecule has 1 aliphatic rings. The Morgan fingerprint density at radius 2 is 2.09 bits per heavy atom. The van der Waals surface area contributed by atoms with E-state index >= 15 is 0 Å². The molecule has 1 aromatic carbocycles. The Hall–Kier alpha value is -2.09. The Balaban J connectivity index is 1.98. The van der Waals surface area contributed by atoms with Crippen LogP contribution in [0.1, 0.15) is 13.8 Å². The SMILES string of the molecule is CC(C)NC(=O)CNC(=O)CN1C(=O)COc2cc(Br)ccc21. The molecule has 0 bridgehead atoms. The van der Waals surface area contributed by atoms with Crippen LogP contribution in [0.3, 0.4) is 0 Å². The fraction of sp³-hybridized carbons (Fsp3) is 0.400. The van der Waals surface area contributed by atoms with Crippen LogP contribution < -0.4 is 20.3 Å². The summed E-state index contributed by atoms with van der Waals surface area (Å²) in [5.74, 6) is -0.454. The van der Waals surface area contributed by atoms with Crippen molar-refractivity contribution in [3.8, 4) is 5.75 Å². The number of fused-ring (bicyclic) bond motifs is 1. The van der Waals surface area contributed by atoms with Crippen molar-refractivity contribution in [2.24, 2.45) is 0 Å². The standard InChI is InChI=1S/C15H18BrN3O4/c1-9(2)18-13(20)6-17-14(21)7-19-11-4-3-10(16)5-12(11)23-8-15(19)22/h3-5,9H,6-8H2,1-2H3,(H,17,21)(H,18,20). The first-order valence-corrected chi connectivity index (χ1v) is 7.95. The van der Waals surface area contributed by atoms with Crippen molar-refractivity contribution in [1.82, 2.24) is 10.6 Å². The summed E-state index contributed by atoms with van der Waals surface area (Å²) in [5, 5.41) is 5.18. The zero-order valence-electron chi connectivity index (χ0n) is 12.9. The van der Waals surface area contributed by atoms with Crippen molar-refractivity contribution >= 4 is 39.3 Å². The van der Waals surface area contributed by atoms with Crippen molar-refractivity contribution < 1.29 is 19.1 Å². The van der Waals surface area contributed by atoms with Crippen molar-refractivity contribution in [3.05, 3.63) is 22.7 Å². The number of hydrogen-bond acceptors (Lipinski definition) is 4. The zero-order valence-corrected chi connectivity index (χ0v) is 14.5. The largest absolute Gasteiger partial charge is 0.482 e. The number of carbonyl (C=O) groups excluding carboxylic acids is 3. The van der Waals surface area contributed by atoms with Crippen LogP contribution >= 0.6 is 15.9 Å². The molecule has 0 unspecified atom stereocenters. The Labute approximate surface area is 142 Å². The smallest absolute Gasteiger partial charge is 0.265 e. The van der Waals surface area contributed by atoms with Gasteiger partial charge >= 0.3 is 0 Å². The molecule has 23 heavy (non-hydrogen) atoms. The van der Waals surface area contributed by atoms with E-state index in [-0.39, 0.29) is 37.6 Å². The highest BCUT2D eigenvalue weighted by Gasteiger charge is 2.27. The molecule has 3 amide bonds.